The molecule has 0 spiro atoms. The van der Waals surface area contributed by atoms with Crippen molar-refractivity contribution in [2.24, 2.45) is 0 Å². The number of halogens is 1. The van der Waals surface area contributed by atoms with Crippen LogP contribution in [-0.2, 0) is 0 Å². The number of ether oxygens (including phenoxy) is 1. The summed E-state index contributed by atoms with van der Waals surface area (Å²) in [7, 11) is 0. The summed E-state index contributed by atoms with van der Waals surface area (Å²) in [4.78, 5) is 6.54. The molecule has 1 N–H and O–H groups in total. The Kier molecular flexibility index (Phi) is 6.32. The van der Waals surface area contributed by atoms with Crippen molar-refractivity contribution in [3.05, 3.63) is 84.2 Å². The molecule has 2 heterocycles. The van der Waals surface area contributed by atoms with Crippen molar-refractivity contribution in [3.63, 3.8) is 0 Å². The zero-order valence-corrected chi connectivity index (χ0v) is 18.7. The van der Waals surface area contributed by atoms with Gasteiger partial charge in [-0.15, -0.1) is 6.58 Å². The number of nitrogens with one attached hydrogen (secondary N) is 1. The van der Waals surface area contributed by atoms with Gasteiger partial charge >= 0.3 is 0 Å². The van der Waals surface area contributed by atoms with Gasteiger partial charge in [-0.25, -0.2) is 4.39 Å². The summed E-state index contributed by atoms with van der Waals surface area (Å²) in [5, 5.41) is 7.98. The predicted octanol–water partition coefficient (Wildman–Crippen LogP) is 5.12. The molecule has 1 aliphatic heterocycles. The highest BCUT2D eigenvalue weighted by Gasteiger charge is 2.33. The SMILES string of the molecule is C=CCN1C(=S)NC(c2cccc(F)c2)C(c2nc(-c3ccc(OCC)cc3)no2)=C1C. The topological polar surface area (TPSA) is 63.4 Å². The highest BCUT2D eigenvalue weighted by molar-refractivity contribution is 7.80. The van der Waals surface area contributed by atoms with E-state index in [1.54, 1.807) is 12.1 Å². The lowest BCUT2D eigenvalue weighted by atomic mass is 9.94. The van der Waals surface area contributed by atoms with Gasteiger partial charge < -0.3 is 19.5 Å². The molecule has 1 unspecified atom stereocenters. The summed E-state index contributed by atoms with van der Waals surface area (Å²) in [6.07, 6.45) is 1.76. The third-order valence-electron chi connectivity index (χ3n) is 5.17. The van der Waals surface area contributed by atoms with Gasteiger partial charge in [-0.1, -0.05) is 23.4 Å². The highest BCUT2D eigenvalue weighted by Crippen LogP contribution is 2.37. The van der Waals surface area contributed by atoms with Gasteiger partial charge in [0.15, 0.2) is 5.11 Å². The Balaban J connectivity index is 1.76. The van der Waals surface area contributed by atoms with Crippen LogP contribution in [0.5, 0.6) is 5.75 Å². The maximum atomic E-state index is 14.0. The van der Waals surface area contributed by atoms with E-state index in [4.69, 9.17) is 21.5 Å². The van der Waals surface area contributed by atoms with Gasteiger partial charge in [0.25, 0.3) is 5.89 Å². The average Bonchev–Trinajstić information content (AvgIpc) is 3.26. The lowest BCUT2D eigenvalue weighted by Gasteiger charge is -2.36. The smallest absolute Gasteiger partial charge is 0.258 e. The van der Waals surface area contributed by atoms with E-state index in [1.165, 1.54) is 12.1 Å². The van der Waals surface area contributed by atoms with Crippen LogP contribution in [0.3, 0.4) is 0 Å². The molecule has 1 aromatic heterocycles. The number of rotatable bonds is 7. The first-order valence-corrected chi connectivity index (χ1v) is 10.6. The Bertz CT molecular complexity index is 1170. The first-order valence-electron chi connectivity index (χ1n) is 10.2. The molecule has 32 heavy (non-hydrogen) atoms. The third kappa shape index (κ3) is 4.27. The summed E-state index contributed by atoms with van der Waals surface area (Å²) in [5.41, 5.74) is 3.08. The minimum Gasteiger partial charge on any atom is -0.494 e. The van der Waals surface area contributed by atoms with Crippen molar-refractivity contribution in [3.8, 4) is 17.1 Å². The minimum absolute atomic E-state index is 0.332. The molecule has 0 amide bonds. The molecule has 0 saturated heterocycles. The van der Waals surface area contributed by atoms with Crippen LogP contribution in [0.2, 0.25) is 0 Å². The Labute approximate surface area is 191 Å². The number of hydrogen-bond acceptors (Lipinski definition) is 5. The van der Waals surface area contributed by atoms with Crippen LogP contribution in [0.15, 0.2) is 71.4 Å². The fourth-order valence-corrected chi connectivity index (χ4v) is 3.99. The van der Waals surface area contributed by atoms with Crippen LogP contribution in [0, 0.1) is 5.82 Å². The van der Waals surface area contributed by atoms with E-state index in [2.05, 4.69) is 22.0 Å². The minimum atomic E-state index is -0.437. The molecular formula is C24H23FN4O2S. The summed E-state index contributed by atoms with van der Waals surface area (Å²) >= 11 is 5.56. The summed E-state index contributed by atoms with van der Waals surface area (Å²) in [5.74, 6) is 1.23. The van der Waals surface area contributed by atoms with Gasteiger partial charge in [0.05, 0.1) is 18.2 Å². The maximum absolute atomic E-state index is 14.0. The fraction of sp³-hybridized carbons (Fsp3) is 0.208. The lowest BCUT2D eigenvalue weighted by Crippen LogP contribution is -2.45. The second kappa shape index (κ2) is 9.32. The van der Waals surface area contributed by atoms with Crippen molar-refractivity contribution in [2.75, 3.05) is 13.2 Å². The standard InChI is InChI=1S/C24H23FN4O2S/c1-4-13-29-15(3)20(21(26-24(29)32)17-7-6-8-18(25)14-17)23-27-22(28-31-23)16-9-11-19(12-10-16)30-5-2/h4,6-12,14,21H,1,5,13H2,2-3H3,(H,26,32). The number of benzene rings is 2. The first kappa shape index (κ1) is 21.7. The molecule has 0 saturated carbocycles. The van der Waals surface area contributed by atoms with Crippen LogP contribution < -0.4 is 10.1 Å². The number of hydrogen-bond donors (Lipinski definition) is 1. The zero-order valence-electron chi connectivity index (χ0n) is 17.8. The van der Waals surface area contributed by atoms with Crippen LogP contribution in [-0.4, -0.2) is 33.3 Å². The van der Waals surface area contributed by atoms with Gasteiger partial charge in [0.1, 0.15) is 11.6 Å². The normalized spacial score (nSPS) is 16.2. The van der Waals surface area contributed by atoms with Crippen molar-refractivity contribution in [2.45, 2.75) is 19.9 Å². The molecule has 8 heteroatoms. The predicted molar refractivity (Wildman–Crippen MR) is 125 cm³/mol. The number of aromatic nitrogens is 2. The Morgan fingerprint density at radius 3 is 2.75 bits per heavy atom. The Morgan fingerprint density at radius 2 is 2.06 bits per heavy atom. The molecule has 2 aromatic carbocycles. The van der Waals surface area contributed by atoms with Gasteiger partial charge in [-0.05, 0) is 68.0 Å². The molecule has 6 nitrogen and oxygen atoms in total. The Hall–Kier alpha value is -3.52. The van der Waals surface area contributed by atoms with Gasteiger partial charge in [0.2, 0.25) is 5.82 Å². The van der Waals surface area contributed by atoms with E-state index in [9.17, 15) is 4.39 Å². The van der Waals surface area contributed by atoms with Crippen LogP contribution in [0.1, 0.15) is 31.3 Å². The first-order chi connectivity index (χ1) is 15.5. The van der Waals surface area contributed by atoms with Gasteiger partial charge in [0, 0.05) is 17.8 Å². The van der Waals surface area contributed by atoms with Gasteiger partial charge in [-0.2, -0.15) is 4.98 Å². The second-order valence-electron chi connectivity index (χ2n) is 7.22. The summed E-state index contributed by atoms with van der Waals surface area (Å²) in [6, 6.07) is 13.4. The fourth-order valence-electron chi connectivity index (χ4n) is 3.66. The molecule has 3 aromatic rings. The van der Waals surface area contributed by atoms with Crippen molar-refractivity contribution in [1.82, 2.24) is 20.4 Å². The van der Waals surface area contributed by atoms with E-state index in [0.717, 1.165) is 22.6 Å². The van der Waals surface area contributed by atoms with Crippen LogP contribution >= 0.6 is 12.2 Å². The maximum Gasteiger partial charge on any atom is 0.258 e. The zero-order chi connectivity index (χ0) is 22.7. The van der Waals surface area contributed by atoms with Crippen LogP contribution in [0.25, 0.3) is 17.0 Å². The molecular weight excluding hydrogens is 427 g/mol. The number of thiocarbonyl (C=S) groups is 1. The monoisotopic (exact) mass is 450 g/mol. The van der Waals surface area contributed by atoms with E-state index >= 15 is 0 Å². The van der Waals surface area contributed by atoms with E-state index in [1.807, 2.05) is 49.1 Å². The molecule has 0 radical (unpaired) electrons. The lowest BCUT2D eigenvalue weighted by molar-refractivity contribution is 0.340. The molecule has 0 fully saturated rings. The molecule has 1 atom stereocenters. The van der Waals surface area contributed by atoms with Crippen molar-refractivity contribution in [1.29, 1.82) is 0 Å². The molecule has 4 rings (SSSR count). The summed E-state index contributed by atoms with van der Waals surface area (Å²) in [6.45, 7) is 8.78. The van der Waals surface area contributed by atoms with E-state index in [0.29, 0.717) is 35.5 Å². The number of nitrogens with zero attached hydrogens (tertiary/aromatic N) is 3. The van der Waals surface area contributed by atoms with Crippen LogP contribution in [0.4, 0.5) is 4.39 Å². The molecule has 1 aliphatic rings. The summed E-state index contributed by atoms with van der Waals surface area (Å²) < 4.78 is 25.2. The van der Waals surface area contributed by atoms with E-state index < -0.39 is 6.04 Å². The quantitative estimate of drug-likeness (QED) is 0.396. The highest BCUT2D eigenvalue weighted by atomic mass is 32.1. The second-order valence-corrected chi connectivity index (χ2v) is 7.60. The largest absolute Gasteiger partial charge is 0.494 e. The Morgan fingerprint density at radius 1 is 1.28 bits per heavy atom. The average molecular weight is 451 g/mol. The third-order valence-corrected chi connectivity index (χ3v) is 5.51. The van der Waals surface area contributed by atoms with Crippen molar-refractivity contribution < 1.29 is 13.7 Å². The molecule has 164 valence electrons. The number of allylic oxidation sites excluding steroid dienone is 1. The van der Waals surface area contributed by atoms with Crippen molar-refractivity contribution >= 4 is 22.9 Å². The molecule has 0 aliphatic carbocycles. The van der Waals surface area contributed by atoms with E-state index in [-0.39, 0.29) is 5.82 Å². The molecule has 0 bridgehead atoms. The van der Waals surface area contributed by atoms with Gasteiger partial charge in [-0.3, -0.25) is 0 Å².